The summed E-state index contributed by atoms with van der Waals surface area (Å²) in [6.07, 6.45) is 9.12. The summed E-state index contributed by atoms with van der Waals surface area (Å²) in [4.78, 5) is 11.5. The normalized spacial score (nSPS) is 19.2. The fourth-order valence-electron chi connectivity index (χ4n) is 4.14. The third kappa shape index (κ3) is 10.2. The lowest BCUT2D eigenvalue weighted by Crippen LogP contribution is -2.18. The average Bonchev–Trinajstić information content (AvgIpc) is 3.16. The second-order valence-corrected chi connectivity index (χ2v) is 8.89. The molecule has 1 aromatic rings. The third-order valence-electron chi connectivity index (χ3n) is 5.76. The highest BCUT2D eigenvalue weighted by molar-refractivity contribution is 5.69. The van der Waals surface area contributed by atoms with Crippen LogP contribution in [0.2, 0.25) is 0 Å². The maximum Gasteiger partial charge on any atom is 0.416 e. The highest BCUT2D eigenvalue weighted by Crippen LogP contribution is 2.32. The molecule has 0 radical (unpaired) electrons. The number of rotatable bonds is 13. The van der Waals surface area contributed by atoms with Gasteiger partial charge in [0, 0.05) is 13.0 Å². The van der Waals surface area contributed by atoms with E-state index in [4.69, 9.17) is 9.47 Å². The van der Waals surface area contributed by atoms with E-state index in [1.54, 1.807) is 6.07 Å². The number of halogens is 3. The second kappa shape index (κ2) is 13.7. The molecule has 0 spiro atoms. The highest BCUT2D eigenvalue weighted by Gasteiger charge is 2.30. The van der Waals surface area contributed by atoms with Crippen LogP contribution in [0.5, 0.6) is 0 Å². The minimum absolute atomic E-state index is 0.0575. The van der Waals surface area contributed by atoms with Crippen molar-refractivity contribution in [2.75, 3.05) is 6.61 Å². The molecular formula is C26H37F3O3. The van der Waals surface area contributed by atoms with E-state index in [9.17, 15) is 18.0 Å². The summed E-state index contributed by atoms with van der Waals surface area (Å²) in [5.41, 5.74) is 0.143. The summed E-state index contributed by atoms with van der Waals surface area (Å²) in [5.74, 6) is 0.395. The standard InChI is InChI=1S/C26H37F3O3/c1-20(2)32-25(30)17-6-4-3-5-13-22-14-10-16-24(22)31-18-8-7-11-21-12-9-15-23(19-21)26(27,28)29/h3,5,9,12,15,19-20,22,24H,4,6-8,10-11,13-14,16-18H2,1-2H3/b5-3-. The first-order chi connectivity index (χ1) is 15.3. The number of aryl methyl sites for hydroxylation is 1. The van der Waals surface area contributed by atoms with Gasteiger partial charge in [0.2, 0.25) is 0 Å². The summed E-state index contributed by atoms with van der Waals surface area (Å²) in [5, 5.41) is 0. The maximum atomic E-state index is 12.8. The van der Waals surface area contributed by atoms with Gasteiger partial charge in [-0.3, -0.25) is 4.79 Å². The van der Waals surface area contributed by atoms with Crippen molar-refractivity contribution in [1.82, 2.24) is 0 Å². The highest BCUT2D eigenvalue weighted by atomic mass is 19.4. The molecule has 0 saturated heterocycles. The summed E-state index contributed by atoms with van der Waals surface area (Å²) in [6.45, 7) is 4.37. The van der Waals surface area contributed by atoms with Gasteiger partial charge in [-0.15, -0.1) is 0 Å². The number of carbonyl (C=O) groups is 1. The first kappa shape index (κ1) is 26.4. The van der Waals surface area contributed by atoms with Crippen LogP contribution in [0.3, 0.4) is 0 Å². The van der Waals surface area contributed by atoms with Crippen LogP contribution < -0.4 is 0 Å². The van der Waals surface area contributed by atoms with Gasteiger partial charge in [-0.1, -0.05) is 36.8 Å². The van der Waals surface area contributed by atoms with Crippen LogP contribution in [0, 0.1) is 5.92 Å². The summed E-state index contributed by atoms with van der Waals surface area (Å²) in [6, 6.07) is 5.58. The molecule has 0 aliphatic heterocycles. The van der Waals surface area contributed by atoms with Crippen molar-refractivity contribution in [1.29, 1.82) is 0 Å². The molecule has 1 aliphatic rings. The lowest BCUT2D eigenvalue weighted by atomic mass is 10.0. The zero-order valence-electron chi connectivity index (χ0n) is 19.3. The monoisotopic (exact) mass is 454 g/mol. The first-order valence-corrected chi connectivity index (χ1v) is 11.9. The molecule has 0 aromatic heterocycles. The van der Waals surface area contributed by atoms with Gasteiger partial charge < -0.3 is 9.47 Å². The molecule has 32 heavy (non-hydrogen) atoms. The van der Waals surface area contributed by atoms with Gasteiger partial charge in [-0.2, -0.15) is 13.2 Å². The molecule has 2 unspecified atom stereocenters. The zero-order chi connectivity index (χ0) is 23.4. The SMILES string of the molecule is CC(C)OC(=O)CCC/C=C\CC1CCCC1OCCCCc1cccc(C(F)(F)F)c1. The lowest BCUT2D eigenvalue weighted by molar-refractivity contribution is -0.147. The van der Waals surface area contributed by atoms with Crippen LogP contribution in [0.25, 0.3) is 0 Å². The van der Waals surface area contributed by atoms with Crippen LogP contribution in [0.1, 0.15) is 82.8 Å². The minimum atomic E-state index is -4.29. The molecule has 0 bridgehead atoms. The van der Waals surface area contributed by atoms with Crippen molar-refractivity contribution in [2.45, 2.75) is 96.4 Å². The summed E-state index contributed by atoms with van der Waals surface area (Å²) >= 11 is 0. The van der Waals surface area contributed by atoms with Crippen molar-refractivity contribution in [3.8, 4) is 0 Å². The van der Waals surface area contributed by atoms with Gasteiger partial charge in [-0.05, 0) is 82.8 Å². The Kier molecular flexibility index (Phi) is 11.3. The Morgan fingerprint density at radius 2 is 1.97 bits per heavy atom. The van der Waals surface area contributed by atoms with Crippen molar-refractivity contribution >= 4 is 5.97 Å². The number of alkyl halides is 3. The lowest BCUT2D eigenvalue weighted by Gasteiger charge is -2.19. The van der Waals surface area contributed by atoms with E-state index in [2.05, 4.69) is 12.2 Å². The molecule has 6 heteroatoms. The molecule has 2 rings (SSSR count). The Morgan fingerprint density at radius 1 is 1.16 bits per heavy atom. The van der Waals surface area contributed by atoms with Crippen LogP contribution >= 0.6 is 0 Å². The molecule has 180 valence electrons. The van der Waals surface area contributed by atoms with Gasteiger partial charge >= 0.3 is 12.1 Å². The van der Waals surface area contributed by atoms with Gasteiger partial charge in [0.1, 0.15) is 0 Å². The Hall–Kier alpha value is -1.82. The van der Waals surface area contributed by atoms with E-state index in [1.165, 1.54) is 25.0 Å². The molecular weight excluding hydrogens is 417 g/mol. The topological polar surface area (TPSA) is 35.5 Å². The van der Waals surface area contributed by atoms with E-state index in [0.29, 0.717) is 25.4 Å². The first-order valence-electron chi connectivity index (χ1n) is 11.9. The van der Waals surface area contributed by atoms with Crippen molar-refractivity contribution < 1.29 is 27.4 Å². The van der Waals surface area contributed by atoms with Crippen molar-refractivity contribution in [3.05, 3.63) is 47.5 Å². The van der Waals surface area contributed by atoms with Gasteiger partial charge in [0.15, 0.2) is 0 Å². The molecule has 2 atom stereocenters. The second-order valence-electron chi connectivity index (χ2n) is 8.89. The number of allylic oxidation sites excluding steroid dienone is 2. The Balaban J connectivity index is 1.59. The molecule has 0 heterocycles. The largest absolute Gasteiger partial charge is 0.463 e. The van der Waals surface area contributed by atoms with Gasteiger partial charge in [-0.25, -0.2) is 0 Å². The molecule has 1 fully saturated rings. The van der Waals surface area contributed by atoms with Crippen LogP contribution in [-0.2, 0) is 26.9 Å². The molecule has 1 saturated carbocycles. The predicted octanol–water partition coefficient (Wildman–Crippen LogP) is 7.28. The molecule has 1 aliphatic carbocycles. The number of carbonyl (C=O) groups excluding carboxylic acids is 1. The number of esters is 1. The van der Waals surface area contributed by atoms with Crippen LogP contribution in [0.15, 0.2) is 36.4 Å². The van der Waals surface area contributed by atoms with E-state index in [-0.39, 0.29) is 18.2 Å². The van der Waals surface area contributed by atoms with Gasteiger partial charge in [0.05, 0.1) is 17.8 Å². The average molecular weight is 455 g/mol. The predicted molar refractivity (Wildman–Crippen MR) is 120 cm³/mol. The van der Waals surface area contributed by atoms with Crippen LogP contribution in [-0.4, -0.2) is 24.8 Å². The van der Waals surface area contributed by atoms with Crippen molar-refractivity contribution in [3.63, 3.8) is 0 Å². The number of hydrogen-bond donors (Lipinski definition) is 0. The number of hydrogen-bond acceptors (Lipinski definition) is 3. The quantitative estimate of drug-likeness (QED) is 0.178. The molecule has 1 aromatic carbocycles. The van der Waals surface area contributed by atoms with Gasteiger partial charge in [0.25, 0.3) is 0 Å². The zero-order valence-corrected chi connectivity index (χ0v) is 19.3. The van der Waals surface area contributed by atoms with Crippen LogP contribution in [0.4, 0.5) is 13.2 Å². The maximum absolute atomic E-state index is 12.8. The summed E-state index contributed by atoms with van der Waals surface area (Å²) in [7, 11) is 0. The Labute approximate surface area is 190 Å². The Bertz CT molecular complexity index is 713. The number of unbranched alkanes of at least 4 members (excludes halogenated alkanes) is 2. The smallest absolute Gasteiger partial charge is 0.416 e. The molecule has 3 nitrogen and oxygen atoms in total. The molecule has 0 N–H and O–H groups in total. The van der Waals surface area contributed by atoms with E-state index in [0.717, 1.165) is 50.2 Å². The minimum Gasteiger partial charge on any atom is -0.463 e. The van der Waals surface area contributed by atoms with E-state index in [1.807, 2.05) is 13.8 Å². The fourth-order valence-corrected chi connectivity index (χ4v) is 4.14. The van der Waals surface area contributed by atoms with Crippen molar-refractivity contribution in [2.24, 2.45) is 5.92 Å². The number of benzene rings is 1. The third-order valence-corrected chi connectivity index (χ3v) is 5.76. The summed E-state index contributed by atoms with van der Waals surface area (Å²) < 4.78 is 49.6. The Morgan fingerprint density at radius 3 is 2.72 bits per heavy atom. The van der Waals surface area contributed by atoms with E-state index < -0.39 is 11.7 Å². The fraction of sp³-hybridized carbons (Fsp3) is 0.654. The number of ether oxygens (including phenoxy) is 2. The van der Waals surface area contributed by atoms with E-state index >= 15 is 0 Å². The molecule has 0 amide bonds.